The van der Waals surface area contributed by atoms with Crippen molar-refractivity contribution in [2.45, 2.75) is 13.8 Å². The van der Waals surface area contributed by atoms with Crippen LogP contribution in [0, 0.1) is 13.8 Å². The van der Waals surface area contributed by atoms with Gasteiger partial charge < -0.3 is 4.90 Å². The molecule has 0 unspecified atom stereocenters. The van der Waals surface area contributed by atoms with Crippen LogP contribution in [0.2, 0.25) is 0 Å². The molecule has 0 amide bonds. The van der Waals surface area contributed by atoms with Gasteiger partial charge in [0.15, 0.2) is 0 Å². The molecule has 0 spiro atoms. The first-order chi connectivity index (χ1) is 5.52. The maximum atomic E-state index is 3.56. The van der Waals surface area contributed by atoms with Gasteiger partial charge in [0.05, 0.1) is 5.69 Å². The number of hydrogen-bond donors (Lipinski definition) is 0. The van der Waals surface area contributed by atoms with Gasteiger partial charge in [0.25, 0.3) is 0 Å². The first-order valence-corrected chi connectivity index (χ1v) is 4.75. The van der Waals surface area contributed by atoms with Gasteiger partial charge in [-0.05, 0) is 47.0 Å². The summed E-state index contributed by atoms with van der Waals surface area (Å²) in [6, 6.07) is 4.34. The molecule has 12 heavy (non-hydrogen) atoms. The second-order valence-corrected chi connectivity index (χ2v) is 4.16. The standard InChI is InChI=1S/C10H14BrN/c1-7-5-8(2)10(12(3)4)9(11)6-7/h5-6H,1-4H3. The Balaban J connectivity index is 3.28. The smallest absolute Gasteiger partial charge is 0.0535 e. The molecule has 0 fully saturated rings. The van der Waals surface area contributed by atoms with Crippen molar-refractivity contribution in [3.05, 3.63) is 27.7 Å². The second kappa shape index (κ2) is 3.48. The fraction of sp³-hybridized carbons (Fsp3) is 0.400. The van der Waals surface area contributed by atoms with E-state index in [4.69, 9.17) is 0 Å². The third-order valence-electron chi connectivity index (χ3n) is 1.85. The molecule has 0 heterocycles. The molecule has 1 rings (SSSR count). The molecule has 0 aliphatic rings. The lowest BCUT2D eigenvalue weighted by Gasteiger charge is -2.18. The molecule has 0 bridgehead atoms. The van der Waals surface area contributed by atoms with E-state index in [1.165, 1.54) is 21.3 Å². The zero-order chi connectivity index (χ0) is 9.30. The van der Waals surface area contributed by atoms with Crippen LogP contribution >= 0.6 is 15.9 Å². The lowest BCUT2D eigenvalue weighted by molar-refractivity contribution is 1.10. The minimum atomic E-state index is 1.17. The number of hydrogen-bond acceptors (Lipinski definition) is 1. The Hall–Kier alpha value is -0.500. The molecule has 0 atom stereocenters. The van der Waals surface area contributed by atoms with Crippen molar-refractivity contribution in [2.75, 3.05) is 19.0 Å². The second-order valence-electron chi connectivity index (χ2n) is 3.31. The van der Waals surface area contributed by atoms with Crippen molar-refractivity contribution < 1.29 is 0 Å². The van der Waals surface area contributed by atoms with Crippen molar-refractivity contribution >= 4 is 21.6 Å². The molecule has 0 aromatic heterocycles. The van der Waals surface area contributed by atoms with E-state index in [-0.39, 0.29) is 0 Å². The van der Waals surface area contributed by atoms with Crippen molar-refractivity contribution in [3.8, 4) is 0 Å². The van der Waals surface area contributed by atoms with Crippen LogP contribution in [0.15, 0.2) is 16.6 Å². The number of benzene rings is 1. The van der Waals surface area contributed by atoms with Gasteiger partial charge in [0.2, 0.25) is 0 Å². The highest BCUT2D eigenvalue weighted by molar-refractivity contribution is 9.10. The highest BCUT2D eigenvalue weighted by Crippen LogP contribution is 2.29. The van der Waals surface area contributed by atoms with Crippen LogP contribution in [0.5, 0.6) is 0 Å². The summed E-state index contributed by atoms with van der Waals surface area (Å²) in [5.41, 5.74) is 3.87. The summed E-state index contributed by atoms with van der Waals surface area (Å²) in [7, 11) is 4.12. The first-order valence-electron chi connectivity index (χ1n) is 3.96. The van der Waals surface area contributed by atoms with Gasteiger partial charge in [-0.15, -0.1) is 0 Å². The van der Waals surface area contributed by atoms with Crippen molar-refractivity contribution in [1.29, 1.82) is 0 Å². The largest absolute Gasteiger partial charge is 0.377 e. The maximum absolute atomic E-state index is 3.56. The highest BCUT2D eigenvalue weighted by Gasteiger charge is 2.05. The van der Waals surface area contributed by atoms with Crippen molar-refractivity contribution in [3.63, 3.8) is 0 Å². The molecule has 0 aliphatic carbocycles. The van der Waals surface area contributed by atoms with Crippen LogP contribution in [0.1, 0.15) is 11.1 Å². The summed E-state index contributed by atoms with van der Waals surface area (Å²) >= 11 is 3.56. The number of anilines is 1. The Morgan fingerprint density at radius 2 is 1.75 bits per heavy atom. The molecule has 1 aromatic rings. The normalized spacial score (nSPS) is 10.1. The summed E-state index contributed by atoms with van der Waals surface area (Å²) in [6.45, 7) is 4.24. The van der Waals surface area contributed by atoms with E-state index in [1.54, 1.807) is 0 Å². The average Bonchev–Trinajstić information content (AvgIpc) is 1.82. The molecular weight excluding hydrogens is 214 g/mol. The van der Waals surface area contributed by atoms with Gasteiger partial charge in [-0.3, -0.25) is 0 Å². The minimum Gasteiger partial charge on any atom is -0.377 e. The summed E-state index contributed by atoms with van der Waals surface area (Å²) < 4.78 is 1.17. The zero-order valence-corrected chi connectivity index (χ0v) is 9.57. The lowest BCUT2D eigenvalue weighted by atomic mass is 10.1. The Bertz CT molecular complexity index is 269. The average molecular weight is 228 g/mol. The SMILES string of the molecule is Cc1cc(C)c(N(C)C)c(Br)c1. The van der Waals surface area contributed by atoms with Crippen LogP contribution in [0.3, 0.4) is 0 Å². The van der Waals surface area contributed by atoms with Gasteiger partial charge in [0, 0.05) is 18.6 Å². The Kier molecular flexibility index (Phi) is 2.78. The van der Waals surface area contributed by atoms with Crippen LogP contribution in [0.25, 0.3) is 0 Å². The van der Waals surface area contributed by atoms with E-state index in [1.807, 2.05) is 0 Å². The van der Waals surface area contributed by atoms with Crippen molar-refractivity contribution in [2.24, 2.45) is 0 Å². The van der Waals surface area contributed by atoms with E-state index < -0.39 is 0 Å². The fourth-order valence-corrected chi connectivity index (χ4v) is 2.50. The minimum absolute atomic E-state index is 1.17. The predicted molar refractivity (Wildman–Crippen MR) is 57.9 cm³/mol. The number of halogens is 1. The van der Waals surface area contributed by atoms with E-state index in [0.29, 0.717) is 0 Å². The Morgan fingerprint density at radius 3 is 2.17 bits per heavy atom. The van der Waals surface area contributed by atoms with Gasteiger partial charge in [-0.2, -0.15) is 0 Å². The molecule has 0 saturated heterocycles. The summed E-state index contributed by atoms with van der Waals surface area (Å²) in [6.07, 6.45) is 0. The van der Waals surface area contributed by atoms with Gasteiger partial charge in [-0.25, -0.2) is 0 Å². The molecule has 0 saturated carbocycles. The molecule has 66 valence electrons. The van der Waals surface area contributed by atoms with E-state index in [0.717, 1.165) is 0 Å². The van der Waals surface area contributed by atoms with E-state index in [2.05, 4.69) is 60.9 Å². The molecule has 0 aliphatic heterocycles. The predicted octanol–water partition coefficient (Wildman–Crippen LogP) is 3.13. The summed E-state index contributed by atoms with van der Waals surface area (Å²) in [4.78, 5) is 2.12. The van der Waals surface area contributed by atoms with Crippen LogP contribution in [-0.2, 0) is 0 Å². The zero-order valence-electron chi connectivity index (χ0n) is 7.98. The third kappa shape index (κ3) is 1.81. The van der Waals surface area contributed by atoms with Gasteiger partial charge in [-0.1, -0.05) is 6.07 Å². The van der Waals surface area contributed by atoms with E-state index in [9.17, 15) is 0 Å². The lowest BCUT2D eigenvalue weighted by Crippen LogP contribution is -2.11. The van der Waals surface area contributed by atoms with Crippen LogP contribution in [-0.4, -0.2) is 14.1 Å². The van der Waals surface area contributed by atoms with Crippen molar-refractivity contribution in [1.82, 2.24) is 0 Å². The molecule has 0 N–H and O–H groups in total. The third-order valence-corrected chi connectivity index (χ3v) is 2.45. The molecule has 0 radical (unpaired) electrons. The molecule has 1 aromatic carbocycles. The Morgan fingerprint density at radius 1 is 1.17 bits per heavy atom. The highest BCUT2D eigenvalue weighted by atomic mass is 79.9. The molecule has 1 nitrogen and oxygen atoms in total. The Labute approximate surface area is 82.5 Å². The quantitative estimate of drug-likeness (QED) is 0.713. The topological polar surface area (TPSA) is 3.24 Å². The summed E-state index contributed by atoms with van der Waals surface area (Å²) in [5.74, 6) is 0. The molecular formula is C10H14BrN. The maximum Gasteiger partial charge on any atom is 0.0535 e. The monoisotopic (exact) mass is 227 g/mol. The van der Waals surface area contributed by atoms with Gasteiger partial charge >= 0.3 is 0 Å². The molecule has 2 heteroatoms. The van der Waals surface area contributed by atoms with E-state index >= 15 is 0 Å². The van der Waals surface area contributed by atoms with Crippen LogP contribution < -0.4 is 4.90 Å². The first kappa shape index (κ1) is 9.59. The van der Waals surface area contributed by atoms with Crippen LogP contribution in [0.4, 0.5) is 5.69 Å². The van der Waals surface area contributed by atoms with Gasteiger partial charge in [0.1, 0.15) is 0 Å². The number of rotatable bonds is 1. The number of aryl methyl sites for hydroxylation is 2. The summed E-state index contributed by atoms with van der Waals surface area (Å²) in [5, 5.41) is 0. The fourth-order valence-electron chi connectivity index (χ4n) is 1.47. The number of nitrogens with zero attached hydrogens (tertiary/aromatic N) is 1.